The lowest BCUT2D eigenvalue weighted by molar-refractivity contribution is -0.123. The van der Waals surface area contributed by atoms with Crippen LogP contribution in [0.3, 0.4) is 0 Å². The molecule has 0 bridgehead atoms. The molecule has 0 unspecified atom stereocenters. The largest absolute Gasteiger partial charge is 0.482 e. The molecule has 0 atom stereocenters. The summed E-state index contributed by atoms with van der Waals surface area (Å²) < 4.78 is 10.3. The first kappa shape index (κ1) is 17.7. The number of hydrogen-bond acceptors (Lipinski definition) is 6. The van der Waals surface area contributed by atoms with Gasteiger partial charge in [-0.05, 0) is 24.3 Å². The molecule has 134 valence electrons. The molecule has 8 nitrogen and oxygen atoms in total. The molecule has 0 saturated heterocycles. The molecule has 2 aromatic carbocycles. The van der Waals surface area contributed by atoms with Crippen molar-refractivity contribution < 1.29 is 18.7 Å². The van der Waals surface area contributed by atoms with Gasteiger partial charge in [-0.2, -0.15) is 5.26 Å². The highest BCUT2D eigenvalue weighted by Crippen LogP contribution is 2.16. The van der Waals surface area contributed by atoms with E-state index < -0.39 is 24.0 Å². The predicted molar refractivity (Wildman–Crippen MR) is 94.7 cm³/mol. The number of benzene rings is 2. The number of hydrogen-bond donors (Lipinski definition) is 2. The summed E-state index contributed by atoms with van der Waals surface area (Å²) in [5, 5.41) is 9.54. The Morgan fingerprint density at radius 3 is 2.63 bits per heavy atom. The second kappa shape index (κ2) is 7.84. The van der Waals surface area contributed by atoms with Crippen LogP contribution >= 0.6 is 0 Å². The third kappa shape index (κ3) is 4.11. The molecule has 0 spiro atoms. The molecule has 1 aromatic heterocycles. The van der Waals surface area contributed by atoms with Gasteiger partial charge in [0.2, 0.25) is 0 Å². The Kier molecular flexibility index (Phi) is 5.14. The van der Waals surface area contributed by atoms with Crippen molar-refractivity contribution in [2.24, 2.45) is 0 Å². The fraction of sp³-hybridized carbons (Fsp3) is 0.0526. The van der Waals surface area contributed by atoms with E-state index in [0.29, 0.717) is 11.0 Å². The quantitative estimate of drug-likeness (QED) is 0.535. The van der Waals surface area contributed by atoms with Gasteiger partial charge in [-0.15, -0.1) is 0 Å². The van der Waals surface area contributed by atoms with Gasteiger partial charge in [-0.25, -0.2) is 4.79 Å². The van der Waals surface area contributed by atoms with Crippen LogP contribution in [0.15, 0.2) is 63.8 Å². The molecule has 27 heavy (non-hydrogen) atoms. The molecule has 0 aliphatic carbocycles. The van der Waals surface area contributed by atoms with E-state index in [4.69, 9.17) is 14.4 Å². The van der Waals surface area contributed by atoms with Gasteiger partial charge in [0.1, 0.15) is 23.0 Å². The molecular formula is C19H13N3O5. The normalized spacial score (nSPS) is 10.0. The van der Waals surface area contributed by atoms with Crippen molar-refractivity contribution in [3.8, 4) is 11.8 Å². The molecule has 0 aliphatic heterocycles. The first-order chi connectivity index (χ1) is 13.1. The molecule has 3 aromatic rings. The summed E-state index contributed by atoms with van der Waals surface area (Å²) in [5.41, 5.74) is 3.83. The first-order valence-electron chi connectivity index (χ1n) is 7.82. The number of amides is 2. The molecule has 0 aliphatic rings. The van der Waals surface area contributed by atoms with Crippen molar-refractivity contribution >= 4 is 22.8 Å². The second-order valence-electron chi connectivity index (χ2n) is 5.38. The summed E-state index contributed by atoms with van der Waals surface area (Å²) in [5.74, 6) is -1.24. The number of ether oxygens (including phenoxy) is 1. The van der Waals surface area contributed by atoms with E-state index in [-0.39, 0.29) is 16.9 Å². The standard InChI is InChI=1S/C19H13N3O5/c20-10-13-6-2-3-7-15(13)26-11-17(23)21-22-18(24)14-9-12-5-1-4-8-16(12)27-19(14)25/h1-9H,11H2,(H,21,23)(H,22,24). The number of carbonyl (C=O) groups excluding carboxylic acids is 2. The zero-order valence-electron chi connectivity index (χ0n) is 13.9. The Bertz CT molecular complexity index is 1110. The van der Waals surface area contributed by atoms with Crippen LogP contribution in [-0.2, 0) is 4.79 Å². The van der Waals surface area contributed by atoms with E-state index in [1.165, 1.54) is 6.07 Å². The van der Waals surface area contributed by atoms with E-state index >= 15 is 0 Å². The van der Waals surface area contributed by atoms with E-state index in [1.807, 2.05) is 6.07 Å². The van der Waals surface area contributed by atoms with Crippen molar-refractivity contribution in [1.29, 1.82) is 5.26 Å². The van der Waals surface area contributed by atoms with E-state index in [2.05, 4.69) is 10.9 Å². The molecular weight excluding hydrogens is 350 g/mol. The van der Waals surface area contributed by atoms with Gasteiger partial charge in [-0.1, -0.05) is 30.3 Å². The van der Waals surface area contributed by atoms with Crippen LogP contribution in [0.5, 0.6) is 5.75 Å². The number of carbonyl (C=O) groups is 2. The third-order valence-electron chi connectivity index (χ3n) is 3.57. The van der Waals surface area contributed by atoms with Crippen LogP contribution in [0.25, 0.3) is 11.0 Å². The molecule has 0 saturated carbocycles. The maximum absolute atomic E-state index is 12.1. The van der Waals surface area contributed by atoms with Crippen LogP contribution < -0.4 is 21.2 Å². The highest BCUT2D eigenvalue weighted by Gasteiger charge is 2.14. The lowest BCUT2D eigenvalue weighted by atomic mass is 10.2. The van der Waals surface area contributed by atoms with E-state index in [9.17, 15) is 14.4 Å². The molecule has 8 heteroatoms. The average molecular weight is 363 g/mol. The summed E-state index contributed by atoms with van der Waals surface area (Å²) in [6.07, 6.45) is 0. The maximum atomic E-state index is 12.1. The topological polar surface area (TPSA) is 121 Å². The SMILES string of the molecule is N#Cc1ccccc1OCC(=O)NNC(=O)c1cc2ccccc2oc1=O. The summed E-state index contributed by atoms with van der Waals surface area (Å²) in [6.45, 7) is -0.425. The van der Waals surface area contributed by atoms with Gasteiger partial charge in [0, 0.05) is 5.39 Å². The number of nitrogens with one attached hydrogen (secondary N) is 2. The highest BCUT2D eigenvalue weighted by atomic mass is 16.5. The Balaban J connectivity index is 1.60. The Morgan fingerprint density at radius 1 is 1.07 bits per heavy atom. The number of rotatable bonds is 4. The zero-order valence-corrected chi connectivity index (χ0v) is 13.9. The second-order valence-corrected chi connectivity index (χ2v) is 5.38. The summed E-state index contributed by atoms with van der Waals surface area (Å²) in [6, 6.07) is 16.5. The monoisotopic (exact) mass is 363 g/mol. The maximum Gasteiger partial charge on any atom is 0.349 e. The number of fused-ring (bicyclic) bond motifs is 1. The molecule has 1 heterocycles. The fourth-order valence-electron chi connectivity index (χ4n) is 2.28. The number of nitrogens with zero attached hydrogens (tertiary/aromatic N) is 1. The van der Waals surface area contributed by atoms with Gasteiger partial charge < -0.3 is 9.15 Å². The molecule has 0 fully saturated rings. The fourth-order valence-corrected chi connectivity index (χ4v) is 2.28. The predicted octanol–water partition coefficient (Wildman–Crippen LogP) is 1.50. The highest BCUT2D eigenvalue weighted by molar-refractivity contribution is 5.97. The van der Waals surface area contributed by atoms with Crippen molar-refractivity contribution in [2.45, 2.75) is 0 Å². The third-order valence-corrected chi connectivity index (χ3v) is 3.57. The van der Waals surface area contributed by atoms with Crippen LogP contribution in [0.1, 0.15) is 15.9 Å². The Morgan fingerprint density at radius 2 is 1.81 bits per heavy atom. The van der Waals surface area contributed by atoms with Crippen LogP contribution in [0.2, 0.25) is 0 Å². The lowest BCUT2D eigenvalue weighted by Crippen LogP contribution is -2.45. The van der Waals surface area contributed by atoms with Crippen LogP contribution in [-0.4, -0.2) is 18.4 Å². The molecule has 3 rings (SSSR count). The smallest absolute Gasteiger partial charge is 0.349 e. The van der Waals surface area contributed by atoms with Gasteiger partial charge in [-0.3, -0.25) is 20.4 Å². The lowest BCUT2D eigenvalue weighted by Gasteiger charge is -2.09. The molecule has 2 amide bonds. The van der Waals surface area contributed by atoms with E-state index in [0.717, 1.165) is 0 Å². The average Bonchev–Trinajstić information content (AvgIpc) is 2.70. The van der Waals surface area contributed by atoms with Crippen LogP contribution in [0.4, 0.5) is 0 Å². The van der Waals surface area contributed by atoms with Crippen molar-refractivity contribution in [2.75, 3.05) is 6.61 Å². The summed E-state index contributed by atoms with van der Waals surface area (Å²) >= 11 is 0. The van der Waals surface area contributed by atoms with Gasteiger partial charge >= 0.3 is 5.63 Å². The van der Waals surface area contributed by atoms with Gasteiger partial charge in [0.05, 0.1) is 5.56 Å². The van der Waals surface area contributed by atoms with Gasteiger partial charge in [0.15, 0.2) is 6.61 Å². The summed E-state index contributed by atoms with van der Waals surface area (Å²) in [4.78, 5) is 35.8. The van der Waals surface area contributed by atoms with Crippen molar-refractivity contribution in [1.82, 2.24) is 10.9 Å². The van der Waals surface area contributed by atoms with Crippen molar-refractivity contribution in [3.63, 3.8) is 0 Å². The molecule has 2 N–H and O–H groups in total. The number of para-hydroxylation sites is 2. The minimum absolute atomic E-state index is 0.246. The van der Waals surface area contributed by atoms with E-state index in [1.54, 1.807) is 48.5 Å². The van der Waals surface area contributed by atoms with Crippen molar-refractivity contribution in [3.05, 3.63) is 76.1 Å². The number of hydrazine groups is 1. The van der Waals surface area contributed by atoms with Crippen LogP contribution in [0, 0.1) is 11.3 Å². The summed E-state index contributed by atoms with van der Waals surface area (Å²) in [7, 11) is 0. The minimum Gasteiger partial charge on any atom is -0.482 e. The Labute approximate surface area is 152 Å². The zero-order chi connectivity index (χ0) is 19.2. The molecule has 0 radical (unpaired) electrons. The Hall–Kier alpha value is -4.12. The first-order valence-corrected chi connectivity index (χ1v) is 7.82. The van der Waals surface area contributed by atoms with Gasteiger partial charge in [0.25, 0.3) is 11.8 Å². The minimum atomic E-state index is -0.820. The number of nitriles is 1.